The molecule has 0 spiro atoms. The fourth-order valence-electron chi connectivity index (χ4n) is 3.44. The van der Waals surface area contributed by atoms with Gasteiger partial charge in [0.15, 0.2) is 0 Å². The van der Waals surface area contributed by atoms with Crippen molar-refractivity contribution in [3.63, 3.8) is 0 Å². The minimum Gasteiger partial charge on any atom is -0.744 e. The summed E-state index contributed by atoms with van der Waals surface area (Å²) >= 11 is 0. The molecule has 0 amide bonds. The Hall–Kier alpha value is -3.01. The number of anilines is 2. The molecular formula is C20H18N2O9S3-2. The van der Waals surface area contributed by atoms with E-state index in [1.54, 1.807) is 0 Å². The van der Waals surface area contributed by atoms with Crippen LogP contribution in [0.2, 0.25) is 0 Å². The van der Waals surface area contributed by atoms with Crippen LogP contribution >= 0.6 is 0 Å². The third-order valence-electron chi connectivity index (χ3n) is 5.03. The molecule has 5 N–H and O–H groups in total. The summed E-state index contributed by atoms with van der Waals surface area (Å²) in [4.78, 5) is -1.89. The standard InChI is InChI=1S/C20H20N2O9S3/c1-11-7-14(10-18(20(11)22)34(29,30)31)19(12-3-2-4-15(8-12)32(23,24)25)13-5-6-16(21)17(9-13)33(26,27)28/h2-3,5-10H,4,21-22H2,1H3,(H,23,24,25)(H,26,27,28)(H,29,30,31)/p-2. The van der Waals surface area contributed by atoms with Gasteiger partial charge >= 0.3 is 0 Å². The van der Waals surface area contributed by atoms with E-state index in [0.717, 1.165) is 24.3 Å². The van der Waals surface area contributed by atoms with Gasteiger partial charge in [0.25, 0.3) is 10.1 Å². The van der Waals surface area contributed by atoms with Crippen molar-refractivity contribution in [2.24, 2.45) is 0 Å². The highest BCUT2D eigenvalue weighted by atomic mass is 32.2. The molecule has 0 saturated heterocycles. The molecular weight excluding hydrogens is 508 g/mol. The van der Waals surface area contributed by atoms with Gasteiger partial charge in [0, 0.05) is 12.1 Å². The molecule has 2 aromatic rings. The zero-order valence-corrected chi connectivity index (χ0v) is 19.9. The first-order valence-corrected chi connectivity index (χ1v) is 13.6. The van der Waals surface area contributed by atoms with Crippen LogP contribution in [0.1, 0.15) is 23.1 Å². The molecule has 1 aliphatic carbocycles. The third-order valence-corrected chi connectivity index (χ3v) is 7.75. The Morgan fingerprint density at radius 2 is 1.50 bits per heavy atom. The second-order valence-electron chi connectivity index (χ2n) is 7.39. The van der Waals surface area contributed by atoms with Gasteiger partial charge in [0.1, 0.15) is 20.2 Å². The number of nitrogens with two attached hydrogens (primary N) is 2. The lowest BCUT2D eigenvalue weighted by atomic mass is 9.90. The van der Waals surface area contributed by atoms with Crippen LogP contribution in [0, 0.1) is 6.92 Å². The second-order valence-corrected chi connectivity index (χ2v) is 11.6. The van der Waals surface area contributed by atoms with E-state index in [1.165, 1.54) is 31.2 Å². The molecule has 0 aliphatic heterocycles. The van der Waals surface area contributed by atoms with E-state index in [-0.39, 0.29) is 45.6 Å². The van der Waals surface area contributed by atoms with Gasteiger partial charge in [0.05, 0.1) is 20.4 Å². The molecule has 0 saturated carbocycles. The topological polar surface area (TPSA) is 221 Å². The fraction of sp³-hybridized carbons (Fsp3) is 0.100. The predicted molar refractivity (Wildman–Crippen MR) is 122 cm³/mol. The van der Waals surface area contributed by atoms with Crippen molar-refractivity contribution < 1.29 is 38.9 Å². The molecule has 1 aliphatic rings. The summed E-state index contributed by atoms with van der Waals surface area (Å²) in [6.45, 7) is 1.43. The number of hydrogen-bond acceptors (Lipinski definition) is 10. The maximum Gasteiger partial charge on any atom is 0.290 e. The van der Waals surface area contributed by atoms with Crippen LogP contribution in [0.4, 0.5) is 11.4 Å². The average Bonchev–Trinajstić information content (AvgIpc) is 2.69. The number of allylic oxidation sites excluding steroid dienone is 5. The lowest BCUT2D eigenvalue weighted by Crippen LogP contribution is -2.09. The highest BCUT2D eigenvalue weighted by Crippen LogP contribution is 2.37. The molecule has 0 aromatic heterocycles. The summed E-state index contributed by atoms with van der Waals surface area (Å²) in [5.74, 6) is 0. The van der Waals surface area contributed by atoms with Gasteiger partial charge in [-0.15, -0.1) is 0 Å². The molecule has 0 heterocycles. The monoisotopic (exact) mass is 526 g/mol. The van der Waals surface area contributed by atoms with Crippen molar-refractivity contribution in [2.75, 3.05) is 11.5 Å². The SMILES string of the molecule is Cc1cc(C(=C2C=CCC(S(=O)(=O)O)=C2)c2ccc(N)c(S(=O)(=O)[O-])c2)cc(S(=O)(=O)[O-])c1N. The highest BCUT2D eigenvalue weighted by molar-refractivity contribution is 7.89. The molecule has 11 nitrogen and oxygen atoms in total. The number of hydrogen-bond donors (Lipinski definition) is 3. The minimum absolute atomic E-state index is 0.0366. The molecule has 182 valence electrons. The van der Waals surface area contributed by atoms with Gasteiger partial charge in [0.2, 0.25) is 0 Å². The van der Waals surface area contributed by atoms with Crippen molar-refractivity contribution in [3.8, 4) is 0 Å². The summed E-state index contributed by atoms with van der Waals surface area (Å²) in [5.41, 5.74) is 11.2. The van der Waals surface area contributed by atoms with Crippen molar-refractivity contribution in [1.82, 2.24) is 0 Å². The zero-order valence-electron chi connectivity index (χ0n) is 17.4. The zero-order chi connectivity index (χ0) is 25.6. The maximum atomic E-state index is 11.8. The summed E-state index contributed by atoms with van der Waals surface area (Å²) in [6.07, 6.45) is 3.81. The van der Waals surface area contributed by atoms with E-state index in [1.807, 2.05) is 0 Å². The van der Waals surface area contributed by atoms with Crippen LogP contribution in [0.25, 0.3) is 5.57 Å². The second kappa shape index (κ2) is 8.65. The molecule has 3 rings (SSSR count). The van der Waals surface area contributed by atoms with Crippen molar-refractivity contribution in [2.45, 2.75) is 23.1 Å². The van der Waals surface area contributed by atoms with Crippen molar-refractivity contribution >= 4 is 47.3 Å². The Morgan fingerprint density at radius 3 is 2.06 bits per heavy atom. The Balaban J connectivity index is 2.49. The summed E-state index contributed by atoms with van der Waals surface area (Å²) in [5, 5.41) is 0. The van der Waals surface area contributed by atoms with Gasteiger partial charge in [-0.1, -0.05) is 18.2 Å². The molecule has 2 aromatic carbocycles. The first-order valence-electron chi connectivity index (χ1n) is 9.31. The fourth-order valence-corrected chi connectivity index (χ4v) is 5.35. The molecule has 14 heteroatoms. The average molecular weight is 527 g/mol. The van der Waals surface area contributed by atoms with Gasteiger partial charge in [-0.3, -0.25) is 4.55 Å². The Kier molecular flexibility index (Phi) is 6.51. The van der Waals surface area contributed by atoms with E-state index in [2.05, 4.69) is 0 Å². The largest absolute Gasteiger partial charge is 0.744 e. The quantitative estimate of drug-likeness (QED) is 0.374. The molecule has 0 bridgehead atoms. The van der Waals surface area contributed by atoms with Crippen LogP contribution in [0.3, 0.4) is 0 Å². The van der Waals surface area contributed by atoms with Crippen LogP contribution < -0.4 is 11.5 Å². The summed E-state index contributed by atoms with van der Waals surface area (Å²) in [6, 6.07) is 5.76. The number of rotatable bonds is 5. The first-order chi connectivity index (χ1) is 15.5. The number of benzene rings is 2. The van der Waals surface area contributed by atoms with E-state index >= 15 is 0 Å². The van der Waals surface area contributed by atoms with E-state index in [9.17, 15) is 38.9 Å². The molecule has 0 fully saturated rings. The summed E-state index contributed by atoms with van der Waals surface area (Å²) in [7, 11) is -14.6. The third kappa shape index (κ3) is 5.22. The van der Waals surface area contributed by atoms with E-state index < -0.39 is 45.1 Å². The minimum atomic E-state index is -5.03. The van der Waals surface area contributed by atoms with Gasteiger partial charge in [-0.2, -0.15) is 8.42 Å². The highest BCUT2D eigenvalue weighted by Gasteiger charge is 2.21. The van der Waals surface area contributed by atoms with E-state index in [4.69, 9.17) is 11.5 Å². The van der Waals surface area contributed by atoms with Gasteiger partial charge < -0.3 is 20.6 Å². The lowest BCUT2D eigenvalue weighted by molar-refractivity contribution is 0.461. The van der Waals surface area contributed by atoms with Crippen LogP contribution in [-0.2, 0) is 30.4 Å². The van der Waals surface area contributed by atoms with Crippen LogP contribution in [-0.4, -0.2) is 38.9 Å². The predicted octanol–water partition coefficient (Wildman–Crippen LogP) is 1.50. The molecule has 0 radical (unpaired) electrons. The molecule has 0 atom stereocenters. The molecule has 34 heavy (non-hydrogen) atoms. The Bertz CT molecular complexity index is 1620. The molecule has 0 unspecified atom stereocenters. The smallest absolute Gasteiger partial charge is 0.290 e. The van der Waals surface area contributed by atoms with E-state index in [0.29, 0.717) is 0 Å². The number of nitrogen functional groups attached to an aromatic ring is 2. The van der Waals surface area contributed by atoms with Crippen molar-refractivity contribution in [3.05, 3.63) is 75.7 Å². The van der Waals surface area contributed by atoms with Crippen LogP contribution in [0.15, 0.2) is 68.8 Å². The van der Waals surface area contributed by atoms with Gasteiger partial charge in [-0.05, 0) is 65.1 Å². The first kappa shape index (κ1) is 25.6. The Morgan fingerprint density at radius 1 is 0.912 bits per heavy atom. The number of aryl methyl sites for hydroxylation is 1. The normalized spacial score (nSPS) is 16.3. The van der Waals surface area contributed by atoms with Crippen LogP contribution in [0.5, 0.6) is 0 Å². The summed E-state index contributed by atoms with van der Waals surface area (Å²) < 4.78 is 103. The van der Waals surface area contributed by atoms with Crippen molar-refractivity contribution in [1.29, 1.82) is 0 Å². The maximum absolute atomic E-state index is 11.8. The van der Waals surface area contributed by atoms with Gasteiger partial charge in [-0.25, -0.2) is 16.8 Å². The lowest BCUT2D eigenvalue weighted by Gasteiger charge is -2.20. The Labute approximate surface area is 196 Å².